The Morgan fingerprint density at radius 3 is 2.71 bits per heavy atom. The van der Waals surface area contributed by atoms with Crippen molar-refractivity contribution >= 4 is 42.8 Å². The molecule has 8 nitrogen and oxygen atoms in total. The molecule has 0 spiro atoms. The molecule has 5 N–H and O–H groups in total. The second kappa shape index (κ2) is 12.8. The molecule has 1 saturated heterocycles. The van der Waals surface area contributed by atoms with Crippen LogP contribution in [0.5, 0.6) is 5.75 Å². The minimum Gasteiger partial charge on any atom is -0.489 e. The van der Waals surface area contributed by atoms with E-state index in [-0.39, 0.29) is 47.4 Å². The van der Waals surface area contributed by atoms with E-state index in [4.69, 9.17) is 15.0 Å². The molecule has 2 heterocycles. The van der Waals surface area contributed by atoms with Crippen molar-refractivity contribution in [2.45, 2.75) is 36.1 Å². The van der Waals surface area contributed by atoms with Crippen LogP contribution in [0.4, 0.5) is 28.9 Å². The number of halogens is 4. The van der Waals surface area contributed by atoms with Crippen LogP contribution >= 0.6 is 11.3 Å². The van der Waals surface area contributed by atoms with Crippen molar-refractivity contribution in [1.29, 1.82) is 0 Å². The minimum absolute atomic E-state index is 0.00581. The Morgan fingerprint density at radius 1 is 1.24 bits per heavy atom. The third-order valence-electron chi connectivity index (χ3n) is 6.48. The molecule has 2 aromatic carbocycles. The van der Waals surface area contributed by atoms with E-state index in [1.165, 1.54) is 18.2 Å². The molecule has 2 atom stereocenters. The number of ether oxygens (including phenoxy) is 1. The molecule has 2 unspecified atom stereocenters. The summed E-state index contributed by atoms with van der Waals surface area (Å²) in [6, 6.07) is 8.44. The number of alkyl halides is 4. The number of aliphatic hydroxyl groups excluding tert-OH is 1. The predicted molar refractivity (Wildman–Crippen MR) is 152 cm³/mol. The number of hydrogen-bond donors (Lipinski definition) is 4. The van der Waals surface area contributed by atoms with Gasteiger partial charge in [0.1, 0.15) is 18.5 Å². The third-order valence-corrected chi connectivity index (χ3v) is 8.59. The summed E-state index contributed by atoms with van der Waals surface area (Å²) < 4.78 is 84.7. The molecule has 1 aliphatic heterocycles. The lowest BCUT2D eigenvalue weighted by Gasteiger charge is -2.33. The average molecular weight is 615 g/mol. The number of sulfonamides is 1. The second-order valence-electron chi connectivity index (χ2n) is 9.63. The number of thiophene rings is 1. The van der Waals surface area contributed by atoms with Crippen LogP contribution in [0.3, 0.4) is 0 Å². The van der Waals surface area contributed by atoms with Gasteiger partial charge in [-0.1, -0.05) is 24.0 Å². The highest BCUT2D eigenvalue weighted by molar-refractivity contribution is 7.89. The fourth-order valence-electron chi connectivity index (χ4n) is 4.54. The van der Waals surface area contributed by atoms with Crippen LogP contribution in [0.15, 0.2) is 41.3 Å². The van der Waals surface area contributed by atoms with E-state index in [1.54, 1.807) is 18.2 Å². The number of primary sulfonamides is 1. The molecule has 0 aliphatic carbocycles. The summed E-state index contributed by atoms with van der Waals surface area (Å²) in [6.07, 6.45) is -6.18. The first-order valence-corrected chi connectivity index (χ1v) is 15.1. The van der Waals surface area contributed by atoms with Crippen molar-refractivity contribution in [3.63, 3.8) is 0 Å². The average Bonchev–Trinajstić information content (AvgIpc) is 3.23. The SMILES string of the molecule is CN1CCC(Nc2cccc3c(CC(F)(F)F)c(C#CCNc4ccc(S(N)(=O)=O)cc4OCCO)sc23)C(F)C1. The van der Waals surface area contributed by atoms with Gasteiger partial charge in [0.15, 0.2) is 0 Å². The highest BCUT2D eigenvalue weighted by Crippen LogP contribution is 2.39. The van der Waals surface area contributed by atoms with Gasteiger partial charge in [-0.05, 0) is 42.6 Å². The number of nitrogens with one attached hydrogen (secondary N) is 2. The summed E-state index contributed by atoms with van der Waals surface area (Å²) in [5, 5.41) is 20.8. The topological polar surface area (TPSA) is 117 Å². The first-order valence-electron chi connectivity index (χ1n) is 12.7. The number of rotatable bonds is 9. The fraction of sp³-hybridized carbons (Fsp3) is 0.407. The molecular formula is C27H30F4N4O4S2. The van der Waals surface area contributed by atoms with Gasteiger partial charge in [-0.25, -0.2) is 17.9 Å². The lowest BCUT2D eigenvalue weighted by atomic mass is 10.0. The number of aliphatic hydroxyl groups is 1. The first-order chi connectivity index (χ1) is 19.4. The Hall–Kier alpha value is -3.09. The second-order valence-corrected chi connectivity index (χ2v) is 12.2. The summed E-state index contributed by atoms with van der Waals surface area (Å²) in [6.45, 7) is 0.563. The molecular weight excluding hydrogens is 584 g/mol. The molecule has 222 valence electrons. The molecule has 1 aromatic heterocycles. The Balaban J connectivity index is 1.61. The number of fused-ring (bicyclic) bond motifs is 1. The van der Waals surface area contributed by atoms with Crippen LogP contribution in [0.25, 0.3) is 10.1 Å². The standard InChI is InChI=1S/C27H30F4N4O4S2/c1-35-11-9-21(20(28)16-35)34-23-5-2-4-18-19(15-27(29,30)31)25(40-26(18)23)6-3-10-33-22-8-7-17(41(32,37)38)14-24(22)39-13-12-36/h2,4-5,7-8,14,20-21,33-34,36H,9-13,15-16H2,1H3,(H2,32,37,38). The van der Waals surface area contributed by atoms with Crippen molar-refractivity contribution in [3.05, 3.63) is 46.8 Å². The van der Waals surface area contributed by atoms with E-state index in [0.29, 0.717) is 34.4 Å². The van der Waals surface area contributed by atoms with Crippen LogP contribution in [-0.2, 0) is 16.4 Å². The number of piperidine rings is 1. The smallest absolute Gasteiger partial charge is 0.393 e. The van der Waals surface area contributed by atoms with Gasteiger partial charge in [-0.15, -0.1) is 11.3 Å². The van der Waals surface area contributed by atoms with Gasteiger partial charge in [-0.2, -0.15) is 13.2 Å². The normalized spacial score (nSPS) is 18.1. The number of nitrogens with zero attached hydrogens (tertiary/aromatic N) is 1. The Kier molecular flexibility index (Phi) is 9.66. The Bertz CT molecular complexity index is 1550. The van der Waals surface area contributed by atoms with Gasteiger partial charge < -0.3 is 25.4 Å². The highest BCUT2D eigenvalue weighted by Gasteiger charge is 2.32. The zero-order chi connectivity index (χ0) is 29.8. The molecule has 4 rings (SSSR count). The van der Waals surface area contributed by atoms with Crippen LogP contribution in [0.1, 0.15) is 16.9 Å². The molecule has 41 heavy (non-hydrogen) atoms. The largest absolute Gasteiger partial charge is 0.489 e. The Morgan fingerprint density at radius 2 is 2.02 bits per heavy atom. The molecule has 3 aromatic rings. The van der Waals surface area contributed by atoms with Crippen LogP contribution in [0, 0.1) is 11.8 Å². The number of benzene rings is 2. The summed E-state index contributed by atoms with van der Waals surface area (Å²) >= 11 is 1.12. The maximum Gasteiger partial charge on any atom is 0.393 e. The van der Waals surface area contributed by atoms with Gasteiger partial charge in [0.25, 0.3) is 0 Å². The summed E-state index contributed by atoms with van der Waals surface area (Å²) in [4.78, 5) is 1.95. The van der Waals surface area contributed by atoms with Gasteiger partial charge >= 0.3 is 6.18 Å². The van der Waals surface area contributed by atoms with Crippen LogP contribution < -0.4 is 20.5 Å². The molecule has 0 bridgehead atoms. The van der Waals surface area contributed by atoms with E-state index in [0.717, 1.165) is 11.3 Å². The van der Waals surface area contributed by atoms with E-state index in [1.807, 2.05) is 11.9 Å². The maximum absolute atomic E-state index is 14.7. The lowest BCUT2D eigenvalue weighted by molar-refractivity contribution is -0.126. The summed E-state index contributed by atoms with van der Waals surface area (Å²) in [7, 11) is -2.15. The number of nitrogens with two attached hydrogens (primary N) is 1. The highest BCUT2D eigenvalue weighted by atomic mass is 32.2. The Labute approximate surface area is 239 Å². The zero-order valence-electron chi connectivity index (χ0n) is 22.1. The van der Waals surface area contributed by atoms with Crippen molar-refractivity contribution in [2.75, 3.05) is 50.5 Å². The van der Waals surface area contributed by atoms with Crippen molar-refractivity contribution < 1.29 is 35.8 Å². The van der Waals surface area contributed by atoms with Crippen molar-refractivity contribution in [2.24, 2.45) is 5.14 Å². The van der Waals surface area contributed by atoms with E-state index in [9.17, 15) is 26.0 Å². The number of likely N-dealkylation sites (tertiary alicyclic amines) is 1. The van der Waals surface area contributed by atoms with E-state index in [2.05, 4.69) is 22.5 Å². The fourth-order valence-corrected chi connectivity index (χ4v) is 6.24. The monoisotopic (exact) mass is 614 g/mol. The van der Waals surface area contributed by atoms with Crippen LogP contribution in [0.2, 0.25) is 0 Å². The molecule has 0 radical (unpaired) electrons. The molecule has 1 fully saturated rings. The van der Waals surface area contributed by atoms with E-state index >= 15 is 0 Å². The van der Waals surface area contributed by atoms with Crippen molar-refractivity contribution in [3.8, 4) is 17.6 Å². The van der Waals surface area contributed by atoms with Crippen LogP contribution in [-0.4, -0.2) is 76.7 Å². The minimum atomic E-state index is -4.46. The summed E-state index contributed by atoms with van der Waals surface area (Å²) in [5.74, 6) is 5.78. The molecule has 0 amide bonds. The summed E-state index contributed by atoms with van der Waals surface area (Å²) in [5.41, 5.74) is 0.982. The van der Waals surface area contributed by atoms with Crippen molar-refractivity contribution in [1.82, 2.24) is 4.90 Å². The predicted octanol–water partition coefficient (Wildman–Crippen LogP) is 3.94. The maximum atomic E-state index is 14.7. The van der Waals surface area contributed by atoms with E-state index < -0.39 is 34.8 Å². The zero-order valence-corrected chi connectivity index (χ0v) is 23.7. The first kappa shape index (κ1) is 30.9. The molecule has 1 aliphatic rings. The molecule has 14 heteroatoms. The quantitative estimate of drug-likeness (QED) is 0.213. The van der Waals surface area contributed by atoms with Gasteiger partial charge in [-0.3, -0.25) is 0 Å². The van der Waals surface area contributed by atoms with Gasteiger partial charge in [0.05, 0.1) is 51.5 Å². The van der Waals surface area contributed by atoms with Gasteiger partial charge in [0.2, 0.25) is 10.0 Å². The third kappa shape index (κ3) is 8.02. The number of anilines is 2. The lowest BCUT2D eigenvalue weighted by Crippen LogP contribution is -2.46. The molecule has 0 saturated carbocycles. The van der Waals surface area contributed by atoms with Gasteiger partial charge in [0, 0.05) is 19.2 Å². The number of hydrogen-bond acceptors (Lipinski definition) is 8.